The smallest absolute Gasteiger partial charge is 0.314 e. The molecule has 0 amide bonds. The molecule has 0 unspecified atom stereocenters. The zero-order valence-corrected chi connectivity index (χ0v) is 14.9. The van der Waals surface area contributed by atoms with Gasteiger partial charge < -0.3 is 9.16 Å². The molecule has 1 aliphatic heterocycles. The van der Waals surface area contributed by atoms with E-state index in [1.54, 1.807) is 0 Å². The molecular formula is C16H28O3Si. The van der Waals surface area contributed by atoms with Crippen molar-refractivity contribution < 1.29 is 14.0 Å². The summed E-state index contributed by atoms with van der Waals surface area (Å²) in [5, 5.41) is 0.157. The number of hydrogen-bond donors (Lipinski definition) is 0. The number of esters is 1. The lowest BCUT2D eigenvalue weighted by atomic mass is 9.66. The normalized spacial score (nSPS) is 33.2. The van der Waals surface area contributed by atoms with E-state index in [2.05, 4.69) is 54.3 Å². The molecule has 20 heavy (non-hydrogen) atoms. The highest BCUT2D eigenvalue weighted by Gasteiger charge is 2.58. The Morgan fingerprint density at radius 1 is 1.35 bits per heavy atom. The van der Waals surface area contributed by atoms with Gasteiger partial charge in [0.2, 0.25) is 0 Å². The molecule has 114 valence electrons. The molecular weight excluding hydrogens is 268 g/mol. The highest BCUT2D eigenvalue weighted by molar-refractivity contribution is 6.74. The third-order valence-electron chi connectivity index (χ3n) is 5.52. The molecule has 2 bridgehead atoms. The molecule has 0 aromatic heterocycles. The van der Waals surface area contributed by atoms with Gasteiger partial charge in [-0.2, -0.15) is 0 Å². The Hall–Kier alpha value is -0.613. The van der Waals surface area contributed by atoms with Gasteiger partial charge in [-0.25, -0.2) is 0 Å². The van der Waals surface area contributed by atoms with Crippen LogP contribution in [0.15, 0.2) is 12.2 Å². The van der Waals surface area contributed by atoms with Crippen LogP contribution in [-0.2, 0) is 14.0 Å². The number of carbonyl (C=O) groups excluding carboxylic acids is 1. The third-order valence-corrected chi connectivity index (χ3v) is 10.0. The van der Waals surface area contributed by atoms with E-state index in [1.165, 1.54) is 0 Å². The van der Waals surface area contributed by atoms with Gasteiger partial charge in [-0.3, -0.25) is 4.79 Å². The summed E-state index contributed by atoms with van der Waals surface area (Å²) >= 11 is 0. The van der Waals surface area contributed by atoms with Gasteiger partial charge in [-0.15, -0.1) is 0 Å². The predicted octanol–water partition coefficient (Wildman–Crippen LogP) is 3.90. The van der Waals surface area contributed by atoms with E-state index in [4.69, 9.17) is 9.16 Å². The highest BCUT2D eigenvalue weighted by atomic mass is 28.4. The second-order valence-electron chi connectivity index (χ2n) is 8.36. The summed E-state index contributed by atoms with van der Waals surface area (Å²) in [7, 11) is -1.86. The second kappa shape index (κ2) is 4.44. The monoisotopic (exact) mass is 296 g/mol. The summed E-state index contributed by atoms with van der Waals surface area (Å²) in [6.07, 6.45) is 0.672. The minimum atomic E-state index is -1.86. The van der Waals surface area contributed by atoms with E-state index < -0.39 is 8.32 Å². The van der Waals surface area contributed by atoms with E-state index >= 15 is 0 Å². The van der Waals surface area contributed by atoms with Crippen LogP contribution in [0.5, 0.6) is 0 Å². The summed E-state index contributed by atoms with van der Waals surface area (Å²) in [5.74, 6) is -0.331. The van der Waals surface area contributed by atoms with E-state index in [9.17, 15) is 4.79 Å². The standard InChI is InChI=1S/C16H28O3Si/c1-10-11(19-20(7,8)15(2,3)4)9-12-16(5,6)13(10)14(17)18-12/h11-13H,1,9H2,2-8H3/t11-,12+,13+/m0/s1. The molecule has 0 spiro atoms. The molecule has 0 radical (unpaired) electrons. The first-order valence-electron chi connectivity index (χ1n) is 7.45. The molecule has 1 heterocycles. The Morgan fingerprint density at radius 2 is 1.90 bits per heavy atom. The summed E-state index contributed by atoms with van der Waals surface area (Å²) in [6, 6.07) is 0. The Labute approximate surface area is 123 Å². The quantitative estimate of drug-likeness (QED) is 0.440. The van der Waals surface area contributed by atoms with Gasteiger partial charge in [0.1, 0.15) is 6.10 Å². The molecule has 0 aromatic carbocycles. The number of rotatable bonds is 2. The molecule has 4 heteroatoms. The van der Waals surface area contributed by atoms with E-state index in [1.807, 2.05) is 0 Å². The molecule has 2 rings (SSSR count). The minimum Gasteiger partial charge on any atom is -0.461 e. The Morgan fingerprint density at radius 3 is 2.40 bits per heavy atom. The lowest BCUT2D eigenvalue weighted by Crippen LogP contribution is -2.49. The zero-order chi connectivity index (χ0) is 15.5. The third kappa shape index (κ3) is 2.27. The fourth-order valence-electron chi connectivity index (χ4n) is 3.02. The fourth-order valence-corrected chi connectivity index (χ4v) is 4.33. The highest BCUT2D eigenvalue weighted by Crippen LogP contribution is 2.52. The van der Waals surface area contributed by atoms with Crippen LogP contribution < -0.4 is 0 Å². The van der Waals surface area contributed by atoms with Gasteiger partial charge in [0, 0.05) is 11.8 Å². The average Bonchev–Trinajstić information content (AvgIpc) is 2.36. The summed E-state index contributed by atoms with van der Waals surface area (Å²) in [6.45, 7) is 19.5. The van der Waals surface area contributed by atoms with Crippen LogP contribution in [0, 0.1) is 11.3 Å². The largest absolute Gasteiger partial charge is 0.461 e. The van der Waals surface area contributed by atoms with E-state index in [0.29, 0.717) is 0 Å². The maximum absolute atomic E-state index is 12.1. The van der Waals surface area contributed by atoms with Gasteiger partial charge in [0.15, 0.2) is 8.32 Å². The molecule has 1 saturated heterocycles. The van der Waals surface area contributed by atoms with Crippen molar-refractivity contribution in [2.24, 2.45) is 11.3 Å². The van der Waals surface area contributed by atoms with Crippen LogP contribution in [0.3, 0.4) is 0 Å². The number of ether oxygens (including phenoxy) is 1. The number of hydrogen-bond acceptors (Lipinski definition) is 3. The van der Waals surface area contributed by atoms with Crippen LogP contribution in [0.1, 0.15) is 41.0 Å². The van der Waals surface area contributed by atoms with E-state index in [-0.39, 0.29) is 34.5 Å². The van der Waals surface area contributed by atoms with Gasteiger partial charge >= 0.3 is 5.97 Å². The van der Waals surface area contributed by atoms with Crippen LogP contribution in [0.25, 0.3) is 0 Å². The SMILES string of the molecule is C=C1[C@@H]2C(=O)O[C@H](C[C@@H]1O[Si](C)(C)C(C)(C)C)C2(C)C. The van der Waals surface area contributed by atoms with Crippen molar-refractivity contribution in [1.29, 1.82) is 0 Å². The Kier molecular flexibility index (Phi) is 3.50. The van der Waals surface area contributed by atoms with Crippen molar-refractivity contribution in [3.63, 3.8) is 0 Å². The number of fused-ring (bicyclic) bond motifs is 2. The Bertz CT molecular complexity index is 445. The fraction of sp³-hybridized carbons (Fsp3) is 0.812. The average molecular weight is 296 g/mol. The Balaban J connectivity index is 2.22. The minimum absolute atomic E-state index is 0.0367. The van der Waals surface area contributed by atoms with Gasteiger partial charge in [-0.1, -0.05) is 41.2 Å². The molecule has 3 nitrogen and oxygen atoms in total. The van der Waals surface area contributed by atoms with Crippen LogP contribution in [0.2, 0.25) is 18.1 Å². The zero-order valence-electron chi connectivity index (χ0n) is 13.9. The summed E-state index contributed by atoms with van der Waals surface area (Å²) < 4.78 is 12.0. The molecule has 2 fully saturated rings. The first kappa shape index (κ1) is 15.8. The van der Waals surface area contributed by atoms with Crippen LogP contribution in [-0.4, -0.2) is 26.5 Å². The molecule has 2 aliphatic rings. The van der Waals surface area contributed by atoms with Crippen molar-refractivity contribution in [3.8, 4) is 0 Å². The predicted molar refractivity (Wildman–Crippen MR) is 83.0 cm³/mol. The van der Waals surface area contributed by atoms with Crippen molar-refractivity contribution in [1.82, 2.24) is 0 Å². The lowest BCUT2D eigenvalue weighted by molar-refractivity contribution is -0.143. The van der Waals surface area contributed by atoms with Crippen LogP contribution >= 0.6 is 0 Å². The maximum Gasteiger partial charge on any atom is 0.314 e. The van der Waals surface area contributed by atoms with Gasteiger partial charge in [-0.05, 0) is 23.7 Å². The molecule has 0 aromatic rings. The molecule has 0 N–H and O–H groups in total. The molecule has 1 aliphatic carbocycles. The molecule has 3 atom stereocenters. The van der Waals surface area contributed by atoms with Gasteiger partial charge in [0.25, 0.3) is 0 Å². The van der Waals surface area contributed by atoms with Crippen molar-refractivity contribution in [2.45, 2.75) is 71.4 Å². The van der Waals surface area contributed by atoms with Crippen molar-refractivity contribution >= 4 is 14.3 Å². The second-order valence-corrected chi connectivity index (χ2v) is 13.1. The summed E-state index contributed by atoms with van der Waals surface area (Å²) in [5.41, 5.74) is 0.764. The first-order valence-corrected chi connectivity index (χ1v) is 10.4. The summed E-state index contributed by atoms with van der Waals surface area (Å²) in [4.78, 5) is 12.1. The van der Waals surface area contributed by atoms with Crippen molar-refractivity contribution in [2.75, 3.05) is 0 Å². The van der Waals surface area contributed by atoms with Crippen molar-refractivity contribution in [3.05, 3.63) is 12.2 Å². The van der Waals surface area contributed by atoms with Crippen LogP contribution in [0.4, 0.5) is 0 Å². The lowest BCUT2D eigenvalue weighted by Gasteiger charge is -2.45. The number of carbonyl (C=O) groups is 1. The maximum atomic E-state index is 12.1. The topological polar surface area (TPSA) is 35.5 Å². The first-order chi connectivity index (χ1) is 8.88. The van der Waals surface area contributed by atoms with E-state index in [0.717, 1.165) is 12.0 Å². The molecule has 1 saturated carbocycles. The van der Waals surface area contributed by atoms with Gasteiger partial charge in [0.05, 0.1) is 12.0 Å².